The number of benzene rings is 2. The molecule has 2 N–H and O–H groups in total. The Morgan fingerprint density at radius 3 is 2.46 bits per heavy atom. The van der Waals surface area contributed by atoms with E-state index in [9.17, 15) is 0 Å². The molecule has 0 aliphatic carbocycles. The normalized spacial score (nSPS) is 14.5. The molecule has 1 aliphatic heterocycles. The summed E-state index contributed by atoms with van der Waals surface area (Å²) in [6.07, 6.45) is 1.89. The van der Waals surface area contributed by atoms with Crippen LogP contribution in [0.25, 0.3) is 22.2 Å². The van der Waals surface area contributed by atoms with Crippen molar-refractivity contribution in [1.29, 1.82) is 5.26 Å². The van der Waals surface area contributed by atoms with Crippen LogP contribution in [0.3, 0.4) is 0 Å². The SMILES string of the molecule is COCCOc1nc(Nc2ccc(CN3CCN(C)CC3)cc2)nc2[nH]cc(-c3ccc(C#N)cc3)c12. The summed E-state index contributed by atoms with van der Waals surface area (Å²) in [5.41, 5.74) is 5.32. The molecule has 3 heterocycles. The van der Waals surface area contributed by atoms with Gasteiger partial charge >= 0.3 is 0 Å². The molecule has 0 bridgehead atoms. The Morgan fingerprint density at radius 1 is 1.00 bits per heavy atom. The third kappa shape index (κ3) is 5.89. The van der Waals surface area contributed by atoms with Crippen LogP contribution in [0.4, 0.5) is 11.6 Å². The monoisotopic (exact) mass is 497 g/mol. The second-order valence-electron chi connectivity index (χ2n) is 9.21. The summed E-state index contributed by atoms with van der Waals surface area (Å²) in [4.78, 5) is 17.5. The summed E-state index contributed by atoms with van der Waals surface area (Å²) in [6, 6.07) is 18.0. The minimum Gasteiger partial charge on any atom is -0.475 e. The molecule has 1 fully saturated rings. The predicted molar refractivity (Wildman–Crippen MR) is 144 cm³/mol. The largest absolute Gasteiger partial charge is 0.475 e. The predicted octanol–water partition coefficient (Wildman–Crippen LogP) is 4.01. The summed E-state index contributed by atoms with van der Waals surface area (Å²) in [5, 5.41) is 13.2. The lowest BCUT2D eigenvalue weighted by Gasteiger charge is -2.32. The average molecular weight is 498 g/mol. The number of ether oxygens (including phenoxy) is 2. The fourth-order valence-electron chi connectivity index (χ4n) is 4.42. The number of hydrogen-bond acceptors (Lipinski definition) is 8. The lowest BCUT2D eigenvalue weighted by Crippen LogP contribution is -2.43. The highest BCUT2D eigenvalue weighted by molar-refractivity contribution is 5.97. The van der Waals surface area contributed by atoms with Crippen LogP contribution in [-0.2, 0) is 11.3 Å². The minimum atomic E-state index is 0.362. The molecule has 5 rings (SSSR count). The summed E-state index contributed by atoms with van der Waals surface area (Å²) < 4.78 is 11.2. The van der Waals surface area contributed by atoms with E-state index < -0.39 is 0 Å². The number of nitrogens with one attached hydrogen (secondary N) is 2. The highest BCUT2D eigenvalue weighted by atomic mass is 16.5. The standard InChI is InChI=1S/C28H31N7O2/c1-34-11-13-35(14-12-34)19-21-5-9-23(10-6-21)31-28-32-26-25(27(33-28)37-16-15-36-2)24(18-30-26)22-7-3-20(17-29)4-8-22/h3-10,18H,11-16,19H2,1-2H3,(H2,30,31,32,33). The molecule has 9 nitrogen and oxygen atoms in total. The van der Waals surface area contributed by atoms with Crippen molar-refractivity contribution >= 4 is 22.7 Å². The van der Waals surface area contributed by atoms with Crippen molar-refractivity contribution in [2.24, 2.45) is 0 Å². The molecule has 190 valence electrons. The molecule has 0 unspecified atom stereocenters. The van der Waals surface area contributed by atoms with E-state index in [4.69, 9.17) is 24.7 Å². The number of nitrogens with zero attached hydrogens (tertiary/aromatic N) is 5. The lowest BCUT2D eigenvalue weighted by molar-refractivity contribution is 0.144. The Morgan fingerprint density at radius 2 is 1.76 bits per heavy atom. The second kappa shape index (κ2) is 11.4. The smallest absolute Gasteiger partial charge is 0.232 e. The topological polar surface area (TPSA) is 102 Å². The van der Waals surface area contributed by atoms with Crippen molar-refractivity contribution in [1.82, 2.24) is 24.8 Å². The van der Waals surface area contributed by atoms with E-state index in [-0.39, 0.29) is 0 Å². The van der Waals surface area contributed by atoms with Crippen molar-refractivity contribution in [3.05, 3.63) is 65.9 Å². The van der Waals surface area contributed by atoms with Crippen LogP contribution < -0.4 is 10.1 Å². The molecule has 9 heteroatoms. The molecule has 1 saturated heterocycles. The Labute approximate surface area is 216 Å². The van der Waals surface area contributed by atoms with E-state index in [1.165, 1.54) is 5.56 Å². The van der Waals surface area contributed by atoms with Gasteiger partial charge in [0.25, 0.3) is 0 Å². The zero-order valence-corrected chi connectivity index (χ0v) is 21.2. The van der Waals surface area contributed by atoms with E-state index >= 15 is 0 Å². The van der Waals surface area contributed by atoms with E-state index in [0.29, 0.717) is 36.3 Å². The molecular formula is C28H31N7O2. The highest BCUT2D eigenvalue weighted by Crippen LogP contribution is 2.35. The Hall–Kier alpha value is -3.97. The summed E-state index contributed by atoms with van der Waals surface area (Å²) in [6.45, 7) is 6.17. The molecule has 2 aromatic heterocycles. The minimum absolute atomic E-state index is 0.362. The Balaban J connectivity index is 1.37. The molecule has 0 radical (unpaired) electrons. The molecule has 0 spiro atoms. The second-order valence-corrected chi connectivity index (χ2v) is 9.21. The number of nitriles is 1. The number of hydrogen-bond donors (Lipinski definition) is 2. The van der Waals surface area contributed by atoms with Crippen LogP contribution in [0.15, 0.2) is 54.7 Å². The van der Waals surface area contributed by atoms with Crippen molar-refractivity contribution in [3.63, 3.8) is 0 Å². The zero-order chi connectivity index (χ0) is 25.6. The van der Waals surface area contributed by atoms with Crippen LogP contribution in [0.5, 0.6) is 5.88 Å². The van der Waals surface area contributed by atoms with Gasteiger partial charge in [0, 0.05) is 57.3 Å². The van der Waals surface area contributed by atoms with Gasteiger partial charge in [0.15, 0.2) is 0 Å². The van der Waals surface area contributed by atoms with E-state index in [2.05, 4.69) is 57.5 Å². The third-order valence-corrected chi connectivity index (χ3v) is 6.56. The molecule has 37 heavy (non-hydrogen) atoms. The highest BCUT2D eigenvalue weighted by Gasteiger charge is 2.17. The van der Waals surface area contributed by atoms with Crippen LogP contribution in [0.2, 0.25) is 0 Å². The first-order valence-electron chi connectivity index (χ1n) is 12.4. The maximum absolute atomic E-state index is 9.13. The summed E-state index contributed by atoms with van der Waals surface area (Å²) in [7, 11) is 3.81. The van der Waals surface area contributed by atoms with Gasteiger partial charge in [-0.3, -0.25) is 4.90 Å². The number of methoxy groups -OCH3 is 1. The number of aromatic amines is 1. The average Bonchev–Trinajstić information content (AvgIpc) is 3.35. The summed E-state index contributed by atoms with van der Waals surface area (Å²) in [5.74, 6) is 0.914. The molecule has 0 saturated carbocycles. The van der Waals surface area contributed by atoms with Crippen LogP contribution in [0, 0.1) is 11.3 Å². The molecule has 0 amide bonds. The van der Waals surface area contributed by atoms with E-state index in [1.54, 1.807) is 19.2 Å². The van der Waals surface area contributed by atoms with Crippen molar-refractivity contribution in [2.75, 3.05) is 58.9 Å². The lowest BCUT2D eigenvalue weighted by atomic mass is 10.0. The first-order valence-corrected chi connectivity index (χ1v) is 12.4. The first-order chi connectivity index (χ1) is 18.1. The van der Waals surface area contributed by atoms with Crippen LogP contribution in [-0.4, -0.2) is 78.3 Å². The quantitative estimate of drug-likeness (QED) is 0.335. The molecule has 2 aromatic carbocycles. The summed E-state index contributed by atoms with van der Waals surface area (Å²) >= 11 is 0. The number of aromatic nitrogens is 3. The fraction of sp³-hybridized carbons (Fsp3) is 0.321. The molecular weight excluding hydrogens is 466 g/mol. The maximum atomic E-state index is 9.13. The van der Waals surface area contributed by atoms with Gasteiger partial charge in [-0.05, 0) is 42.4 Å². The van der Waals surface area contributed by atoms with Crippen LogP contribution >= 0.6 is 0 Å². The zero-order valence-electron chi connectivity index (χ0n) is 21.2. The number of anilines is 2. The van der Waals surface area contributed by atoms with Gasteiger partial charge in [-0.2, -0.15) is 15.2 Å². The number of H-pyrrole nitrogens is 1. The van der Waals surface area contributed by atoms with E-state index in [1.807, 2.05) is 18.3 Å². The van der Waals surface area contributed by atoms with Crippen molar-refractivity contribution in [3.8, 4) is 23.1 Å². The van der Waals surface area contributed by atoms with Gasteiger partial charge in [-0.1, -0.05) is 24.3 Å². The van der Waals surface area contributed by atoms with Gasteiger partial charge in [-0.15, -0.1) is 0 Å². The fourth-order valence-corrected chi connectivity index (χ4v) is 4.42. The molecule has 4 aromatic rings. The van der Waals surface area contributed by atoms with Gasteiger partial charge < -0.3 is 24.7 Å². The number of fused-ring (bicyclic) bond motifs is 1. The first kappa shape index (κ1) is 24.7. The van der Waals surface area contributed by atoms with Gasteiger partial charge in [0.05, 0.1) is 23.6 Å². The van der Waals surface area contributed by atoms with Gasteiger partial charge in [-0.25, -0.2) is 0 Å². The Bertz CT molecular complexity index is 1370. The maximum Gasteiger partial charge on any atom is 0.232 e. The van der Waals surface area contributed by atoms with Gasteiger partial charge in [0.1, 0.15) is 12.3 Å². The third-order valence-electron chi connectivity index (χ3n) is 6.56. The number of piperazine rings is 1. The molecule has 1 aliphatic rings. The van der Waals surface area contributed by atoms with Gasteiger partial charge in [0.2, 0.25) is 11.8 Å². The van der Waals surface area contributed by atoms with Crippen molar-refractivity contribution in [2.45, 2.75) is 6.54 Å². The Kier molecular flexibility index (Phi) is 7.61. The van der Waals surface area contributed by atoms with Crippen molar-refractivity contribution < 1.29 is 9.47 Å². The van der Waals surface area contributed by atoms with E-state index in [0.717, 1.165) is 54.9 Å². The molecule has 0 atom stereocenters. The van der Waals surface area contributed by atoms with Crippen LogP contribution in [0.1, 0.15) is 11.1 Å². The number of rotatable bonds is 9. The number of likely N-dealkylation sites (N-methyl/N-ethyl adjacent to an activating group) is 1.